The first-order chi connectivity index (χ1) is 7.13. The highest BCUT2D eigenvalue weighted by Crippen LogP contribution is 2.21. The van der Waals surface area contributed by atoms with Crippen molar-refractivity contribution in [1.29, 1.82) is 0 Å². The normalized spacial score (nSPS) is 12.5. The molecule has 0 aliphatic rings. The van der Waals surface area contributed by atoms with E-state index in [0.717, 1.165) is 27.9 Å². The van der Waals surface area contributed by atoms with E-state index in [4.69, 9.17) is 10.8 Å². The largest absolute Gasteiger partial charge is 0.397 e. The van der Waals surface area contributed by atoms with Gasteiger partial charge in [0, 0.05) is 16.7 Å². The zero-order valence-electron chi connectivity index (χ0n) is 8.83. The van der Waals surface area contributed by atoms with Gasteiger partial charge in [0.2, 0.25) is 0 Å². The van der Waals surface area contributed by atoms with Gasteiger partial charge in [0.15, 0.2) is 0 Å². The summed E-state index contributed by atoms with van der Waals surface area (Å²) >= 11 is 2.24. The average Bonchev–Trinajstić information content (AvgIpc) is 2.17. The molecule has 1 aromatic carbocycles. The number of nitrogens with one attached hydrogen (secondary N) is 1. The first-order valence-electron chi connectivity index (χ1n) is 5.03. The highest BCUT2D eigenvalue weighted by molar-refractivity contribution is 14.1. The predicted molar refractivity (Wildman–Crippen MR) is 72.9 cm³/mol. The van der Waals surface area contributed by atoms with E-state index >= 15 is 0 Å². The Hall–Kier alpha value is -0.490. The molecule has 0 aliphatic heterocycles. The molecular weight excluding hydrogens is 303 g/mol. The van der Waals surface area contributed by atoms with Gasteiger partial charge in [0.25, 0.3) is 0 Å². The third kappa shape index (κ3) is 4.25. The third-order valence-electron chi connectivity index (χ3n) is 2.28. The minimum absolute atomic E-state index is 0.241. The maximum Gasteiger partial charge on any atom is 0.0574 e. The lowest BCUT2D eigenvalue weighted by atomic mass is 10.1. The number of benzene rings is 1. The van der Waals surface area contributed by atoms with Gasteiger partial charge in [-0.3, -0.25) is 0 Å². The number of hydrogen-bond acceptors (Lipinski definition) is 3. The van der Waals surface area contributed by atoms with Crippen LogP contribution in [0.15, 0.2) is 18.2 Å². The Kier molecular flexibility index (Phi) is 5.17. The van der Waals surface area contributed by atoms with Crippen molar-refractivity contribution in [2.24, 2.45) is 5.92 Å². The molecule has 0 amide bonds. The Balaban J connectivity index is 2.50. The SMILES string of the molecule is CC(CCO)CNc1ccc(I)cc1N. The summed E-state index contributed by atoms with van der Waals surface area (Å²) in [5.41, 5.74) is 7.61. The maximum absolute atomic E-state index is 8.77. The average molecular weight is 320 g/mol. The molecule has 1 atom stereocenters. The minimum Gasteiger partial charge on any atom is -0.397 e. The van der Waals surface area contributed by atoms with E-state index < -0.39 is 0 Å². The quantitative estimate of drug-likeness (QED) is 0.576. The molecule has 0 bridgehead atoms. The molecule has 3 nitrogen and oxygen atoms in total. The van der Waals surface area contributed by atoms with E-state index in [1.165, 1.54) is 0 Å². The van der Waals surface area contributed by atoms with Gasteiger partial charge in [-0.25, -0.2) is 0 Å². The van der Waals surface area contributed by atoms with Crippen molar-refractivity contribution >= 4 is 34.0 Å². The highest BCUT2D eigenvalue weighted by atomic mass is 127. The van der Waals surface area contributed by atoms with Crippen LogP contribution in [0.4, 0.5) is 11.4 Å². The summed E-state index contributed by atoms with van der Waals surface area (Å²) in [5.74, 6) is 0.452. The van der Waals surface area contributed by atoms with Gasteiger partial charge < -0.3 is 16.2 Å². The van der Waals surface area contributed by atoms with Gasteiger partial charge >= 0.3 is 0 Å². The van der Waals surface area contributed by atoms with E-state index in [9.17, 15) is 0 Å². The van der Waals surface area contributed by atoms with Crippen molar-refractivity contribution in [1.82, 2.24) is 0 Å². The lowest BCUT2D eigenvalue weighted by Gasteiger charge is -2.13. The molecule has 0 saturated carbocycles. The van der Waals surface area contributed by atoms with Crippen LogP contribution < -0.4 is 11.1 Å². The number of hydrogen-bond donors (Lipinski definition) is 3. The molecule has 4 heteroatoms. The molecule has 15 heavy (non-hydrogen) atoms. The monoisotopic (exact) mass is 320 g/mol. The van der Waals surface area contributed by atoms with Crippen LogP contribution in [0, 0.1) is 9.49 Å². The fourth-order valence-electron chi connectivity index (χ4n) is 1.30. The molecule has 0 aliphatic carbocycles. The number of nitrogens with two attached hydrogens (primary N) is 1. The lowest BCUT2D eigenvalue weighted by Crippen LogP contribution is -2.13. The van der Waals surface area contributed by atoms with E-state index in [0.29, 0.717) is 5.92 Å². The first kappa shape index (κ1) is 12.6. The van der Waals surface area contributed by atoms with Gasteiger partial charge in [-0.15, -0.1) is 0 Å². The number of nitrogen functional groups attached to an aromatic ring is 1. The van der Waals surface area contributed by atoms with Crippen molar-refractivity contribution < 1.29 is 5.11 Å². The second kappa shape index (κ2) is 6.17. The molecule has 1 unspecified atom stereocenters. The summed E-state index contributed by atoms with van der Waals surface area (Å²) in [6.45, 7) is 3.18. The summed E-state index contributed by atoms with van der Waals surface area (Å²) in [6, 6.07) is 5.96. The molecule has 0 spiro atoms. The van der Waals surface area contributed by atoms with Crippen LogP contribution in [-0.2, 0) is 0 Å². The Labute approximate surface area is 104 Å². The van der Waals surface area contributed by atoms with Gasteiger partial charge in [0.05, 0.1) is 11.4 Å². The highest BCUT2D eigenvalue weighted by Gasteiger charge is 2.03. The zero-order chi connectivity index (χ0) is 11.3. The first-order valence-corrected chi connectivity index (χ1v) is 6.11. The van der Waals surface area contributed by atoms with Crippen molar-refractivity contribution in [3.05, 3.63) is 21.8 Å². The van der Waals surface area contributed by atoms with Gasteiger partial charge in [-0.1, -0.05) is 6.92 Å². The van der Waals surface area contributed by atoms with Gasteiger partial charge in [-0.05, 0) is 53.1 Å². The summed E-state index contributed by atoms with van der Waals surface area (Å²) in [5, 5.41) is 12.1. The summed E-state index contributed by atoms with van der Waals surface area (Å²) in [4.78, 5) is 0. The summed E-state index contributed by atoms with van der Waals surface area (Å²) in [7, 11) is 0. The Morgan fingerprint density at radius 2 is 2.27 bits per heavy atom. The zero-order valence-corrected chi connectivity index (χ0v) is 11.0. The van der Waals surface area contributed by atoms with Crippen molar-refractivity contribution in [3.63, 3.8) is 0 Å². The van der Waals surface area contributed by atoms with Crippen LogP contribution >= 0.6 is 22.6 Å². The molecule has 1 aromatic rings. The molecule has 4 N–H and O–H groups in total. The predicted octanol–water partition coefficient (Wildman–Crippen LogP) is 2.30. The summed E-state index contributed by atoms with van der Waals surface area (Å²) < 4.78 is 1.14. The Bertz CT molecular complexity index is 317. The van der Waals surface area contributed by atoms with E-state index in [1.807, 2.05) is 18.2 Å². The van der Waals surface area contributed by atoms with Crippen LogP contribution in [0.1, 0.15) is 13.3 Å². The van der Waals surface area contributed by atoms with Crippen LogP contribution in [0.25, 0.3) is 0 Å². The van der Waals surface area contributed by atoms with E-state index in [2.05, 4.69) is 34.8 Å². The van der Waals surface area contributed by atoms with Gasteiger partial charge in [-0.2, -0.15) is 0 Å². The second-order valence-corrected chi connectivity index (χ2v) is 4.98. The maximum atomic E-state index is 8.77. The van der Waals surface area contributed by atoms with Crippen molar-refractivity contribution in [2.75, 3.05) is 24.2 Å². The van der Waals surface area contributed by atoms with Crippen LogP contribution in [0.3, 0.4) is 0 Å². The van der Waals surface area contributed by atoms with Gasteiger partial charge in [0.1, 0.15) is 0 Å². The molecular formula is C11H17IN2O. The fourth-order valence-corrected chi connectivity index (χ4v) is 1.82. The summed E-state index contributed by atoms with van der Waals surface area (Å²) in [6.07, 6.45) is 0.817. The Morgan fingerprint density at radius 3 is 2.87 bits per heavy atom. The Morgan fingerprint density at radius 1 is 1.53 bits per heavy atom. The van der Waals surface area contributed by atoms with Crippen LogP contribution in [-0.4, -0.2) is 18.3 Å². The number of halogens is 1. The number of rotatable bonds is 5. The van der Waals surface area contributed by atoms with Crippen LogP contribution in [0.2, 0.25) is 0 Å². The lowest BCUT2D eigenvalue weighted by molar-refractivity contribution is 0.266. The topological polar surface area (TPSA) is 58.3 Å². The van der Waals surface area contributed by atoms with E-state index in [-0.39, 0.29) is 6.61 Å². The minimum atomic E-state index is 0.241. The number of aliphatic hydroxyl groups is 1. The third-order valence-corrected chi connectivity index (χ3v) is 2.95. The molecule has 84 valence electrons. The standard InChI is InChI=1S/C11H17IN2O/c1-8(4-5-15)7-14-11-3-2-9(12)6-10(11)13/h2-3,6,8,14-15H,4-5,7,13H2,1H3. The second-order valence-electron chi connectivity index (χ2n) is 3.73. The number of aliphatic hydroxyl groups excluding tert-OH is 1. The molecule has 0 aromatic heterocycles. The molecule has 0 fully saturated rings. The molecule has 1 rings (SSSR count). The van der Waals surface area contributed by atoms with E-state index in [1.54, 1.807) is 0 Å². The smallest absolute Gasteiger partial charge is 0.0574 e. The van der Waals surface area contributed by atoms with Crippen LogP contribution in [0.5, 0.6) is 0 Å². The number of anilines is 2. The fraction of sp³-hybridized carbons (Fsp3) is 0.455. The molecule has 0 saturated heterocycles. The van der Waals surface area contributed by atoms with Crippen molar-refractivity contribution in [3.8, 4) is 0 Å². The van der Waals surface area contributed by atoms with Crippen molar-refractivity contribution in [2.45, 2.75) is 13.3 Å². The molecule has 0 heterocycles. The molecule has 0 radical (unpaired) electrons.